The van der Waals surface area contributed by atoms with E-state index in [2.05, 4.69) is 14.8 Å². The average molecular weight is 315 g/mol. The second-order valence-electron chi connectivity index (χ2n) is 4.41. The van der Waals surface area contributed by atoms with Crippen LogP contribution in [0.25, 0.3) is 0 Å². The van der Waals surface area contributed by atoms with Crippen LogP contribution < -0.4 is 15.8 Å². The molecule has 0 fully saturated rings. The molecule has 8 heteroatoms. The lowest BCUT2D eigenvalue weighted by Crippen LogP contribution is -2.29. The van der Waals surface area contributed by atoms with Gasteiger partial charge in [0.2, 0.25) is 10.0 Å². The summed E-state index contributed by atoms with van der Waals surface area (Å²) >= 11 is 0. The van der Waals surface area contributed by atoms with Crippen molar-refractivity contribution in [2.24, 2.45) is 5.73 Å². The van der Waals surface area contributed by atoms with Crippen molar-refractivity contribution in [3.8, 4) is 0 Å². The van der Waals surface area contributed by atoms with Crippen LogP contribution >= 0.6 is 0 Å². The summed E-state index contributed by atoms with van der Waals surface area (Å²) in [7, 11) is -3.62. The van der Waals surface area contributed by atoms with Crippen LogP contribution in [0.5, 0.6) is 0 Å². The molecule has 4 N–H and O–H groups in total. The fourth-order valence-electron chi connectivity index (χ4n) is 1.77. The van der Waals surface area contributed by atoms with Gasteiger partial charge in [-0.1, -0.05) is 19.1 Å². The van der Waals surface area contributed by atoms with E-state index in [0.717, 1.165) is 12.1 Å². The number of hydrogen-bond donors (Lipinski definition) is 3. The van der Waals surface area contributed by atoms with Crippen LogP contribution in [0.4, 0.5) is 4.79 Å². The van der Waals surface area contributed by atoms with E-state index in [0.29, 0.717) is 0 Å². The summed E-state index contributed by atoms with van der Waals surface area (Å²) < 4.78 is 30.8. The topological polar surface area (TPSA) is 111 Å². The Morgan fingerprint density at radius 3 is 2.48 bits per heavy atom. The Labute approximate surface area is 124 Å². The minimum absolute atomic E-state index is 0.0270. The van der Waals surface area contributed by atoms with Crippen molar-refractivity contribution < 1.29 is 17.9 Å². The van der Waals surface area contributed by atoms with Gasteiger partial charge in [0.15, 0.2) is 0 Å². The van der Waals surface area contributed by atoms with Gasteiger partial charge in [-0.2, -0.15) is 0 Å². The largest absolute Gasteiger partial charge is 0.448 e. The lowest BCUT2D eigenvalue weighted by atomic mass is 10.1. The number of nitrogens with one attached hydrogen (secondary N) is 2. The van der Waals surface area contributed by atoms with E-state index in [9.17, 15) is 13.2 Å². The molecule has 0 bridgehead atoms. The first-order chi connectivity index (χ1) is 9.86. The van der Waals surface area contributed by atoms with E-state index in [4.69, 9.17) is 5.73 Å². The fraction of sp³-hybridized carbons (Fsp3) is 0.462. The van der Waals surface area contributed by atoms with Crippen LogP contribution in [0.3, 0.4) is 0 Å². The summed E-state index contributed by atoms with van der Waals surface area (Å²) in [6.45, 7) is 4.72. The van der Waals surface area contributed by atoms with Crippen molar-refractivity contribution in [2.75, 3.05) is 19.7 Å². The third-order valence-corrected chi connectivity index (χ3v) is 4.32. The van der Waals surface area contributed by atoms with Gasteiger partial charge >= 0.3 is 6.09 Å². The molecule has 1 amide bonds. The normalized spacial score (nSPS) is 12.9. The van der Waals surface area contributed by atoms with Gasteiger partial charge in [0.25, 0.3) is 0 Å². The molecule has 0 saturated heterocycles. The zero-order chi connectivity index (χ0) is 15.9. The lowest BCUT2D eigenvalue weighted by Gasteiger charge is -2.13. The summed E-state index contributed by atoms with van der Waals surface area (Å²) in [4.78, 5) is 10.5. The molecule has 1 aromatic rings. The molecule has 1 rings (SSSR count). The van der Waals surface area contributed by atoms with Gasteiger partial charge in [0.05, 0.1) is 4.90 Å². The van der Waals surface area contributed by atoms with E-state index >= 15 is 0 Å². The SMILES string of the molecule is CCNC(C)c1ccc(S(=O)(=O)NCCOC(N)=O)cc1. The van der Waals surface area contributed by atoms with Gasteiger partial charge in [0, 0.05) is 12.6 Å². The van der Waals surface area contributed by atoms with Crippen LogP contribution in [0.1, 0.15) is 25.5 Å². The minimum atomic E-state index is -3.62. The van der Waals surface area contributed by atoms with Crippen molar-refractivity contribution in [1.82, 2.24) is 10.0 Å². The van der Waals surface area contributed by atoms with Crippen LogP contribution in [0.15, 0.2) is 29.2 Å². The van der Waals surface area contributed by atoms with Crippen molar-refractivity contribution in [3.05, 3.63) is 29.8 Å². The number of benzene rings is 1. The zero-order valence-corrected chi connectivity index (χ0v) is 12.9. The minimum Gasteiger partial charge on any atom is -0.448 e. The third kappa shape index (κ3) is 5.70. The summed E-state index contributed by atoms with van der Waals surface area (Å²) in [6, 6.07) is 6.77. The molecule has 0 aliphatic rings. The number of primary amides is 1. The summed E-state index contributed by atoms with van der Waals surface area (Å²) in [5.74, 6) is 0. The van der Waals surface area contributed by atoms with Gasteiger partial charge in [-0.15, -0.1) is 0 Å². The molecule has 0 heterocycles. The van der Waals surface area contributed by atoms with Crippen molar-refractivity contribution >= 4 is 16.1 Å². The van der Waals surface area contributed by atoms with Crippen molar-refractivity contribution in [3.63, 3.8) is 0 Å². The van der Waals surface area contributed by atoms with Gasteiger partial charge in [-0.3, -0.25) is 0 Å². The van der Waals surface area contributed by atoms with E-state index < -0.39 is 16.1 Å². The number of carbonyl (C=O) groups is 1. The maximum Gasteiger partial charge on any atom is 0.404 e. The molecular weight excluding hydrogens is 294 g/mol. The van der Waals surface area contributed by atoms with Crippen molar-refractivity contribution in [1.29, 1.82) is 0 Å². The molecule has 0 saturated carbocycles. The van der Waals surface area contributed by atoms with Crippen LogP contribution in [0, 0.1) is 0 Å². The molecular formula is C13H21N3O4S. The second kappa shape index (κ2) is 7.96. The summed E-state index contributed by atoms with van der Waals surface area (Å²) in [5.41, 5.74) is 5.79. The molecule has 0 aliphatic heterocycles. The van der Waals surface area contributed by atoms with Gasteiger partial charge in [-0.05, 0) is 31.2 Å². The first-order valence-corrected chi connectivity index (χ1v) is 8.10. The first-order valence-electron chi connectivity index (χ1n) is 6.62. The Hall–Kier alpha value is -1.64. The van der Waals surface area contributed by atoms with Crippen molar-refractivity contribution in [2.45, 2.75) is 24.8 Å². The Kier molecular flexibility index (Phi) is 6.60. The lowest BCUT2D eigenvalue weighted by molar-refractivity contribution is 0.159. The first kappa shape index (κ1) is 17.4. The fourth-order valence-corrected chi connectivity index (χ4v) is 2.78. The quantitative estimate of drug-likeness (QED) is 0.613. The van der Waals surface area contributed by atoms with Crippen LogP contribution in [-0.2, 0) is 14.8 Å². The molecule has 0 spiro atoms. The predicted molar refractivity (Wildman–Crippen MR) is 79.3 cm³/mol. The van der Waals surface area contributed by atoms with E-state index in [1.807, 2.05) is 13.8 Å². The maximum atomic E-state index is 12.0. The summed E-state index contributed by atoms with van der Waals surface area (Å²) in [5, 5.41) is 3.25. The molecule has 1 aromatic carbocycles. The van der Waals surface area contributed by atoms with Gasteiger partial charge in [-0.25, -0.2) is 17.9 Å². The maximum absolute atomic E-state index is 12.0. The Bertz CT molecular complexity index is 557. The van der Waals surface area contributed by atoms with E-state index in [-0.39, 0.29) is 24.1 Å². The molecule has 0 aliphatic carbocycles. The molecule has 1 unspecified atom stereocenters. The number of hydrogen-bond acceptors (Lipinski definition) is 5. The van der Waals surface area contributed by atoms with E-state index in [1.165, 1.54) is 0 Å². The highest BCUT2D eigenvalue weighted by Gasteiger charge is 2.14. The zero-order valence-electron chi connectivity index (χ0n) is 12.1. The van der Waals surface area contributed by atoms with Crippen LogP contribution in [-0.4, -0.2) is 34.2 Å². The number of ether oxygens (including phenoxy) is 1. The highest BCUT2D eigenvalue weighted by atomic mass is 32.2. The van der Waals surface area contributed by atoms with Crippen LogP contribution in [0.2, 0.25) is 0 Å². The molecule has 21 heavy (non-hydrogen) atoms. The number of amides is 1. The standard InChI is InChI=1S/C13H21N3O4S/c1-3-15-10(2)11-4-6-12(7-5-11)21(18,19)16-8-9-20-13(14)17/h4-7,10,15-16H,3,8-9H2,1-2H3,(H2,14,17). The Morgan fingerprint density at radius 1 is 1.33 bits per heavy atom. The molecule has 7 nitrogen and oxygen atoms in total. The number of carbonyl (C=O) groups excluding carboxylic acids is 1. The van der Waals surface area contributed by atoms with E-state index in [1.54, 1.807) is 24.3 Å². The highest BCUT2D eigenvalue weighted by molar-refractivity contribution is 7.89. The molecule has 0 aromatic heterocycles. The average Bonchev–Trinajstić information content (AvgIpc) is 2.44. The second-order valence-corrected chi connectivity index (χ2v) is 6.18. The number of rotatable bonds is 8. The Morgan fingerprint density at radius 2 is 1.95 bits per heavy atom. The number of sulfonamides is 1. The van der Waals surface area contributed by atoms with Gasteiger partial charge in [0.1, 0.15) is 6.61 Å². The number of nitrogens with two attached hydrogens (primary N) is 1. The Balaban J connectivity index is 2.65. The summed E-state index contributed by atoms with van der Waals surface area (Å²) in [6.07, 6.45) is -0.934. The monoisotopic (exact) mass is 315 g/mol. The smallest absolute Gasteiger partial charge is 0.404 e. The third-order valence-electron chi connectivity index (χ3n) is 2.84. The molecule has 1 atom stereocenters. The predicted octanol–water partition coefficient (Wildman–Crippen LogP) is 0.731. The molecule has 0 radical (unpaired) electrons. The van der Waals surface area contributed by atoms with Gasteiger partial charge < -0.3 is 15.8 Å². The molecule has 118 valence electrons. The highest BCUT2D eigenvalue weighted by Crippen LogP contribution is 2.15.